The number of ether oxygens (including phenoxy) is 3. The first-order chi connectivity index (χ1) is 14.1. The first-order valence-electron chi connectivity index (χ1n) is 9.02. The molecule has 29 heavy (non-hydrogen) atoms. The van der Waals surface area contributed by atoms with Gasteiger partial charge in [0.2, 0.25) is 0 Å². The first-order valence-corrected chi connectivity index (χ1v) is 9.47. The molecule has 0 aliphatic carbocycles. The number of thiol groups is 1. The van der Waals surface area contributed by atoms with E-state index in [1.54, 1.807) is 24.3 Å². The molecule has 0 aliphatic heterocycles. The normalized spacial score (nSPS) is 10.6. The third-order valence-corrected chi connectivity index (χ3v) is 4.02. The molecule has 0 saturated heterocycles. The van der Waals surface area contributed by atoms with Gasteiger partial charge in [-0.1, -0.05) is 0 Å². The summed E-state index contributed by atoms with van der Waals surface area (Å²) in [6, 6.07) is 12.7. The van der Waals surface area contributed by atoms with Crippen LogP contribution in [0.2, 0.25) is 0 Å². The van der Waals surface area contributed by atoms with Crippen molar-refractivity contribution in [2.45, 2.75) is 29.7 Å². The Bertz CT molecular complexity index is 695. The molecule has 1 rings (SSSR count). The fraction of sp³-hybridized carbons (Fsp3) is 0.500. The standard InChI is InChI=1S/C20H24N4O4S/c21-8-1-11-26-14-20(15-27-12-2-9-22,16-28-13-3-10-23)24-19(25)17-4-6-18(29)7-5-17/h4-7,29H,1-3,11-16H2,(H,24,25). The van der Waals surface area contributed by atoms with Gasteiger partial charge in [-0.15, -0.1) is 12.6 Å². The van der Waals surface area contributed by atoms with E-state index in [-0.39, 0.29) is 64.8 Å². The Morgan fingerprint density at radius 1 is 0.862 bits per heavy atom. The van der Waals surface area contributed by atoms with Crippen molar-refractivity contribution in [1.29, 1.82) is 15.8 Å². The van der Waals surface area contributed by atoms with Crippen molar-refractivity contribution in [3.8, 4) is 18.2 Å². The van der Waals surface area contributed by atoms with Gasteiger partial charge in [-0.3, -0.25) is 4.79 Å². The molecule has 0 unspecified atom stereocenters. The van der Waals surface area contributed by atoms with Gasteiger partial charge in [-0.25, -0.2) is 0 Å². The number of hydrogen-bond acceptors (Lipinski definition) is 8. The van der Waals surface area contributed by atoms with E-state index < -0.39 is 5.54 Å². The predicted octanol–water partition coefficient (Wildman–Crippen LogP) is 2.23. The predicted molar refractivity (Wildman–Crippen MR) is 107 cm³/mol. The minimum atomic E-state index is -1.04. The summed E-state index contributed by atoms with van der Waals surface area (Å²) in [5, 5.41) is 29.0. The average Bonchev–Trinajstić information content (AvgIpc) is 2.72. The smallest absolute Gasteiger partial charge is 0.251 e. The van der Waals surface area contributed by atoms with Crippen LogP contribution in [0.3, 0.4) is 0 Å². The van der Waals surface area contributed by atoms with Crippen molar-refractivity contribution in [3.63, 3.8) is 0 Å². The lowest BCUT2D eigenvalue weighted by molar-refractivity contribution is -0.0344. The van der Waals surface area contributed by atoms with E-state index >= 15 is 0 Å². The van der Waals surface area contributed by atoms with E-state index in [4.69, 9.17) is 30.0 Å². The highest BCUT2D eigenvalue weighted by Crippen LogP contribution is 2.13. The Morgan fingerprint density at radius 3 is 1.66 bits per heavy atom. The number of rotatable bonds is 14. The molecule has 9 heteroatoms. The number of nitrogens with zero attached hydrogens (tertiary/aromatic N) is 3. The van der Waals surface area contributed by atoms with E-state index in [0.29, 0.717) is 5.56 Å². The molecule has 1 aromatic rings. The van der Waals surface area contributed by atoms with Crippen molar-refractivity contribution in [2.24, 2.45) is 0 Å². The Balaban J connectivity index is 2.94. The van der Waals surface area contributed by atoms with Crippen molar-refractivity contribution in [3.05, 3.63) is 29.8 Å². The van der Waals surface area contributed by atoms with Crippen molar-refractivity contribution in [2.75, 3.05) is 39.6 Å². The number of amides is 1. The van der Waals surface area contributed by atoms with Crippen molar-refractivity contribution in [1.82, 2.24) is 5.32 Å². The van der Waals surface area contributed by atoms with Crippen LogP contribution in [-0.4, -0.2) is 51.1 Å². The van der Waals surface area contributed by atoms with E-state index in [0.717, 1.165) is 4.90 Å². The lowest BCUT2D eigenvalue weighted by atomic mass is 10.0. The zero-order chi connectivity index (χ0) is 21.4. The zero-order valence-corrected chi connectivity index (χ0v) is 17.0. The third kappa shape index (κ3) is 9.94. The minimum Gasteiger partial charge on any atom is -0.378 e. The number of nitriles is 3. The number of nitrogens with one attached hydrogen (secondary N) is 1. The average molecular weight is 417 g/mol. The quantitative estimate of drug-likeness (QED) is 0.351. The van der Waals surface area contributed by atoms with Gasteiger partial charge in [0.1, 0.15) is 5.54 Å². The van der Waals surface area contributed by atoms with E-state index in [2.05, 4.69) is 17.9 Å². The second-order valence-corrected chi connectivity index (χ2v) is 6.68. The Morgan fingerprint density at radius 2 is 1.28 bits per heavy atom. The van der Waals surface area contributed by atoms with Gasteiger partial charge in [0.05, 0.1) is 77.1 Å². The summed E-state index contributed by atoms with van der Waals surface area (Å²) in [7, 11) is 0. The van der Waals surface area contributed by atoms with E-state index in [1.165, 1.54) is 0 Å². The molecule has 0 aliphatic rings. The maximum absolute atomic E-state index is 12.8. The lowest BCUT2D eigenvalue weighted by Crippen LogP contribution is -2.58. The van der Waals surface area contributed by atoms with Gasteiger partial charge in [-0.2, -0.15) is 15.8 Å². The molecule has 1 aromatic carbocycles. The summed E-state index contributed by atoms with van der Waals surface area (Å²) in [5.74, 6) is -0.352. The molecule has 1 amide bonds. The summed E-state index contributed by atoms with van der Waals surface area (Å²) in [6.45, 7) is 0.717. The summed E-state index contributed by atoms with van der Waals surface area (Å²) >= 11 is 4.21. The second-order valence-electron chi connectivity index (χ2n) is 6.16. The molecular weight excluding hydrogens is 392 g/mol. The van der Waals surface area contributed by atoms with Crippen LogP contribution in [0.1, 0.15) is 29.6 Å². The van der Waals surface area contributed by atoms with E-state index in [1.807, 2.05) is 18.2 Å². The largest absolute Gasteiger partial charge is 0.378 e. The lowest BCUT2D eigenvalue weighted by Gasteiger charge is -2.34. The second kappa shape index (κ2) is 14.4. The van der Waals surface area contributed by atoms with Crippen molar-refractivity contribution >= 4 is 18.5 Å². The fourth-order valence-electron chi connectivity index (χ4n) is 2.32. The van der Waals surface area contributed by atoms with Crippen LogP contribution >= 0.6 is 12.6 Å². The highest BCUT2D eigenvalue weighted by molar-refractivity contribution is 7.80. The van der Waals surface area contributed by atoms with Crippen LogP contribution in [-0.2, 0) is 14.2 Å². The van der Waals surface area contributed by atoms with Crippen LogP contribution in [0.25, 0.3) is 0 Å². The van der Waals surface area contributed by atoms with Gasteiger partial charge in [0, 0.05) is 10.5 Å². The Labute approximate surface area is 176 Å². The van der Waals surface area contributed by atoms with Gasteiger partial charge in [-0.05, 0) is 24.3 Å². The minimum absolute atomic E-state index is 0.0458. The van der Waals surface area contributed by atoms with Gasteiger partial charge < -0.3 is 19.5 Å². The topological polar surface area (TPSA) is 128 Å². The molecule has 8 nitrogen and oxygen atoms in total. The molecule has 0 fully saturated rings. The zero-order valence-electron chi connectivity index (χ0n) is 16.1. The number of hydrogen-bond donors (Lipinski definition) is 2. The summed E-state index contributed by atoms with van der Waals surface area (Å²) in [6.07, 6.45) is 0.619. The summed E-state index contributed by atoms with van der Waals surface area (Å²) in [5.41, 5.74) is -0.616. The number of benzene rings is 1. The van der Waals surface area contributed by atoms with E-state index in [9.17, 15) is 4.79 Å². The van der Waals surface area contributed by atoms with Gasteiger partial charge in [0.25, 0.3) is 5.91 Å². The molecule has 0 spiro atoms. The maximum Gasteiger partial charge on any atom is 0.251 e. The van der Waals surface area contributed by atoms with Crippen LogP contribution in [0.15, 0.2) is 29.2 Å². The molecule has 154 valence electrons. The molecule has 0 bridgehead atoms. The monoisotopic (exact) mass is 416 g/mol. The highest BCUT2D eigenvalue weighted by Gasteiger charge is 2.34. The molecule has 0 saturated carbocycles. The molecule has 0 atom stereocenters. The number of carbonyl (C=O) groups excluding carboxylic acids is 1. The molecule has 0 aromatic heterocycles. The van der Waals surface area contributed by atoms with Gasteiger partial charge in [0.15, 0.2) is 0 Å². The molecule has 1 N–H and O–H groups in total. The molecular formula is C20H24N4O4S. The first kappa shape index (κ1) is 24.4. The van der Waals surface area contributed by atoms with Crippen molar-refractivity contribution < 1.29 is 19.0 Å². The van der Waals surface area contributed by atoms with Crippen LogP contribution in [0.5, 0.6) is 0 Å². The fourth-order valence-corrected chi connectivity index (χ4v) is 2.46. The summed E-state index contributed by atoms with van der Waals surface area (Å²) in [4.78, 5) is 13.5. The Kier molecular flexibility index (Phi) is 12.1. The highest BCUT2D eigenvalue weighted by atomic mass is 32.1. The van der Waals surface area contributed by atoms with Crippen LogP contribution in [0.4, 0.5) is 0 Å². The molecule has 0 radical (unpaired) electrons. The summed E-state index contributed by atoms with van der Waals surface area (Å²) < 4.78 is 16.7. The third-order valence-electron chi connectivity index (χ3n) is 3.72. The molecule has 0 heterocycles. The maximum atomic E-state index is 12.8. The van der Waals surface area contributed by atoms with Crippen LogP contribution < -0.4 is 5.32 Å². The van der Waals surface area contributed by atoms with Crippen LogP contribution in [0, 0.1) is 34.0 Å². The Hall–Kier alpha value is -2.61. The van der Waals surface area contributed by atoms with Gasteiger partial charge >= 0.3 is 0 Å². The number of carbonyl (C=O) groups is 1. The SMILES string of the molecule is N#CCCOCC(COCCC#N)(COCCC#N)NC(=O)c1ccc(S)cc1.